The largest absolute Gasteiger partial charge is 0.508 e. The van der Waals surface area contributed by atoms with Crippen molar-refractivity contribution in [2.45, 2.75) is 6.42 Å². The van der Waals surface area contributed by atoms with Gasteiger partial charge in [0.1, 0.15) is 11.4 Å². The number of rotatable bonds is 5. The third-order valence-corrected chi connectivity index (χ3v) is 2.81. The number of hydrogen-bond acceptors (Lipinski definition) is 5. The van der Waals surface area contributed by atoms with Gasteiger partial charge in [-0.2, -0.15) is 0 Å². The number of benzene rings is 2. The Labute approximate surface area is 119 Å². The van der Waals surface area contributed by atoms with Gasteiger partial charge in [-0.15, -0.1) is 0 Å². The molecule has 0 spiro atoms. The molecule has 2 rings (SSSR count). The Morgan fingerprint density at radius 1 is 1.19 bits per heavy atom. The molecule has 2 aromatic carbocycles. The van der Waals surface area contributed by atoms with E-state index in [0.717, 1.165) is 6.07 Å². The molecule has 2 aromatic rings. The number of phenols is 1. The lowest BCUT2D eigenvalue weighted by Crippen LogP contribution is -2.04. The van der Waals surface area contributed by atoms with E-state index in [1.54, 1.807) is 24.3 Å². The topological polar surface area (TPSA) is 113 Å². The van der Waals surface area contributed by atoms with Crippen LogP contribution in [0.1, 0.15) is 5.56 Å². The SMILES string of the molecule is O=C(O)Cc1ccccc1Nc1ccc(O)cc1[N+](=O)[O-]. The van der Waals surface area contributed by atoms with E-state index in [1.807, 2.05) is 0 Å². The Hall–Kier alpha value is -3.09. The van der Waals surface area contributed by atoms with Crippen molar-refractivity contribution in [1.29, 1.82) is 0 Å². The summed E-state index contributed by atoms with van der Waals surface area (Å²) in [6.07, 6.45) is -0.199. The van der Waals surface area contributed by atoms with Crippen LogP contribution in [0.25, 0.3) is 0 Å². The quantitative estimate of drug-likeness (QED) is 0.443. The number of anilines is 2. The molecular weight excluding hydrogens is 276 g/mol. The summed E-state index contributed by atoms with van der Waals surface area (Å²) in [6.45, 7) is 0. The van der Waals surface area contributed by atoms with Crippen LogP contribution in [0, 0.1) is 10.1 Å². The Morgan fingerprint density at radius 3 is 2.57 bits per heavy atom. The van der Waals surface area contributed by atoms with Crippen molar-refractivity contribution in [2.75, 3.05) is 5.32 Å². The third kappa shape index (κ3) is 3.47. The minimum atomic E-state index is -0.996. The summed E-state index contributed by atoms with van der Waals surface area (Å²) >= 11 is 0. The molecule has 0 unspecified atom stereocenters. The summed E-state index contributed by atoms with van der Waals surface area (Å²) in [6, 6.07) is 10.4. The van der Waals surface area contributed by atoms with Crippen LogP contribution in [0.5, 0.6) is 5.75 Å². The van der Waals surface area contributed by atoms with Crippen LogP contribution in [-0.2, 0) is 11.2 Å². The molecule has 0 bridgehead atoms. The van der Waals surface area contributed by atoms with Crippen LogP contribution in [0.2, 0.25) is 0 Å². The maximum atomic E-state index is 11.0. The fourth-order valence-electron chi connectivity index (χ4n) is 1.88. The molecule has 0 heterocycles. The lowest BCUT2D eigenvalue weighted by Gasteiger charge is -2.11. The highest BCUT2D eigenvalue weighted by atomic mass is 16.6. The third-order valence-electron chi connectivity index (χ3n) is 2.81. The van der Waals surface area contributed by atoms with Crippen LogP contribution < -0.4 is 5.32 Å². The van der Waals surface area contributed by atoms with Crippen molar-refractivity contribution in [3.63, 3.8) is 0 Å². The number of nitro groups is 1. The zero-order valence-corrected chi connectivity index (χ0v) is 10.8. The number of carboxylic acids is 1. The number of aliphatic carboxylic acids is 1. The van der Waals surface area contributed by atoms with Crippen LogP contribution in [0.3, 0.4) is 0 Å². The van der Waals surface area contributed by atoms with Crippen LogP contribution in [-0.4, -0.2) is 21.1 Å². The molecular formula is C14H12N2O5. The van der Waals surface area contributed by atoms with Gasteiger partial charge < -0.3 is 15.5 Å². The zero-order chi connectivity index (χ0) is 15.4. The first-order chi connectivity index (χ1) is 9.97. The monoisotopic (exact) mass is 288 g/mol. The standard InChI is InChI=1S/C14H12N2O5/c17-10-5-6-12(13(8-10)16(20)21)15-11-4-2-1-3-9(11)7-14(18)19/h1-6,8,15,17H,7H2,(H,18,19). The molecule has 7 heteroatoms. The number of phenolic OH excluding ortho intramolecular Hbond substituents is 1. The summed E-state index contributed by atoms with van der Waals surface area (Å²) in [4.78, 5) is 21.2. The van der Waals surface area contributed by atoms with Crippen molar-refractivity contribution < 1.29 is 19.9 Å². The van der Waals surface area contributed by atoms with Crippen LogP contribution in [0.4, 0.5) is 17.1 Å². The zero-order valence-electron chi connectivity index (χ0n) is 10.8. The summed E-state index contributed by atoms with van der Waals surface area (Å²) in [5.41, 5.74) is 0.858. The average Bonchev–Trinajstić information content (AvgIpc) is 2.42. The molecule has 0 saturated heterocycles. The molecule has 108 valence electrons. The van der Waals surface area contributed by atoms with Crippen molar-refractivity contribution in [3.8, 4) is 5.75 Å². The Balaban J connectivity index is 2.39. The maximum Gasteiger partial charge on any atom is 0.307 e. The molecule has 0 aliphatic carbocycles. The number of para-hydroxylation sites is 1. The van der Waals surface area contributed by atoms with E-state index < -0.39 is 10.9 Å². The first-order valence-electron chi connectivity index (χ1n) is 6.01. The van der Waals surface area contributed by atoms with E-state index in [0.29, 0.717) is 11.3 Å². The second-order valence-corrected chi connectivity index (χ2v) is 4.31. The van der Waals surface area contributed by atoms with E-state index in [4.69, 9.17) is 5.11 Å². The number of nitrogens with one attached hydrogen (secondary N) is 1. The number of nitro benzene ring substituents is 1. The van der Waals surface area contributed by atoms with Gasteiger partial charge in [-0.05, 0) is 23.8 Å². The molecule has 0 aliphatic rings. The molecule has 3 N–H and O–H groups in total. The van der Waals surface area contributed by atoms with Gasteiger partial charge in [0.25, 0.3) is 5.69 Å². The van der Waals surface area contributed by atoms with Crippen molar-refractivity contribution in [1.82, 2.24) is 0 Å². The van der Waals surface area contributed by atoms with Crippen LogP contribution >= 0.6 is 0 Å². The predicted octanol–water partition coefficient (Wildman–Crippen LogP) is 2.67. The number of carbonyl (C=O) groups is 1. The molecule has 0 saturated carbocycles. The maximum absolute atomic E-state index is 11.0. The summed E-state index contributed by atoms with van der Waals surface area (Å²) in [5.74, 6) is -1.21. The van der Waals surface area contributed by atoms with Gasteiger partial charge in [-0.1, -0.05) is 18.2 Å². The van der Waals surface area contributed by atoms with E-state index in [1.165, 1.54) is 12.1 Å². The lowest BCUT2D eigenvalue weighted by atomic mass is 10.1. The average molecular weight is 288 g/mol. The van der Waals surface area contributed by atoms with E-state index in [9.17, 15) is 20.0 Å². The molecule has 0 fully saturated rings. The highest BCUT2D eigenvalue weighted by Gasteiger charge is 2.16. The van der Waals surface area contributed by atoms with Crippen LogP contribution in [0.15, 0.2) is 42.5 Å². The predicted molar refractivity (Wildman–Crippen MR) is 75.8 cm³/mol. The Bertz CT molecular complexity index is 700. The summed E-state index contributed by atoms with van der Waals surface area (Å²) in [7, 11) is 0. The number of aromatic hydroxyl groups is 1. The normalized spacial score (nSPS) is 10.1. The first kappa shape index (κ1) is 14.3. The number of nitrogens with zero attached hydrogens (tertiary/aromatic N) is 1. The molecule has 0 aliphatic heterocycles. The van der Waals surface area contributed by atoms with Gasteiger partial charge in [-0.3, -0.25) is 14.9 Å². The second-order valence-electron chi connectivity index (χ2n) is 4.31. The van der Waals surface area contributed by atoms with Crippen molar-refractivity contribution >= 4 is 23.0 Å². The molecule has 0 radical (unpaired) electrons. The second kappa shape index (κ2) is 5.91. The van der Waals surface area contributed by atoms with E-state index >= 15 is 0 Å². The van der Waals surface area contributed by atoms with E-state index in [-0.39, 0.29) is 23.5 Å². The van der Waals surface area contributed by atoms with Gasteiger partial charge in [0.2, 0.25) is 0 Å². The Kier molecular flexibility index (Phi) is 4.03. The van der Waals surface area contributed by atoms with Gasteiger partial charge in [0.15, 0.2) is 0 Å². The van der Waals surface area contributed by atoms with Gasteiger partial charge in [0.05, 0.1) is 17.4 Å². The smallest absolute Gasteiger partial charge is 0.307 e. The van der Waals surface area contributed by atoms with Crippen molar-refractivity contribution in [2.24, 2.45) is 0 Å². The first-order valence-corrected chi connectivity index (χ1v) is 6.01. The minimum absolute atomic E-state index is 0.177. The molecule has 0 amide bonds. The minimum Gasteiger partial charge on any atom is -0.508 e. The van der Waals surface area contributed by atoms with Crippen molar-refractivity contribution in [3.05, 3.63) is 58.1 Å². The fraction of sp³-hybridized carbons (Fsp3) is 0.0714. The van der Waals surface area contributed by atoms with Gasteiger partial charge >= 0.3 is 5.97 Å². The number of hydrogen-bond donors (Lipinski definition) is 3. The van der Waals surface area contributed by atoms with Gasteiger partial charge in [0, 0.05) is 5.69 Å². The number of carboxylic acid groups (broad SMARTS) is 1. The van der Waals surface area contributed by atoms with E-state index in [2.05, 4.69) is 5.32 Å². The summed E-state index contributed by atoms with van der Waals surface area (Å²) in [5, 5.41) is 32.0. The Morgan fingerprint density at radius 2 is 1.90 bits per heavy atom. The molecule has 0 aromatic heterocycles. The highest BCUT2D eigenvalue weighted by molar-refractivity contribution is 5.77. The fourth-order valence-corrected chi connectivity index (χ4v) is 1.88. The molecule has 7 nitrogen and oxygen atoms in total. The molecule has 0 atom stereocenters. The summed E-state index contributed by atoms with van der Waals surface area (Å²) < 4.78 is 0. The highest BCUT2D eigenvalue weighted by Crippen LogP contribution is 2.32. The van der Waals surface area contributed by atoms with Gasteiger partial charge in [-0.25, -0.2) is 0 Å². The lowest BCUT2D eigenvalue weighted by molar-refractivity contribution is -0.384. The molecule has 21 heavy (non-hydrogen) atoms.